The zero-order chi connectivity index (χ0) is 12.7. The fourth-order valence-electron chi connectivity index (χ4n) is 2.37. The molecule has 0 bridgehead atoms. The molecule has 1 heterocycles. The van der Waals surface area contributed by atoms with E-state index < -0.39 is 0 Å². The van der Waals surface area contributed by atoms with E-state index in [2.05, 4.69) is 28.6 Å². The standard InChI is InChI=1S/C13H26N2O2/c1-14-9-6-12(7-10-14)11-15(2)8-4-5-13(16)17-3/h12H,4-11H2,1-3H3. The largest absolute Gasteiger partial charge is 0.469 e. The van der Waals surface area contributed by atoms with Crippen LogP contribution in [0.15, 0.2) is 0 Å². The SMILES string of the molecule is COC(=O)CCCN(C)CC1CCN(C)CC1. The Balaban J connectivity index is 2.08. The minimum atomic E-state index is -0.0994. The minimum Gasteiger partial charge on any atom is -0.469 e. The van der Waals surface area contributed by atoms with Crippen molar-refractivity contribution in [1.29, 1.82) is 0 Å². The third-order valence-corrected chi connectivity index (χ3v) is 3.56. The smallest absolute Gasteiger partial charge is 0.305 e. The Kier molecular flexibility index (Phi) is 6.52. The van der Waals surface area contributed by atoms with E-state index in [9.17, 15) is 4.79 Å². The Hall–Kier alpha value is -0.610. The van der Waals surface area contributed by atoms with E-state index in [0.717, 1.165) is 25.4 Å². The Morgan fingerprint density at radius 1 is 1.41 bits per heavy atom. The quantitative estimate of drug-likeness (QED) is 0.656. The molecule has 1 saturated heterocycles. The summed E-state index contributed by atoms with van der Waals surface area (Å²) in [5.41, 5.74) is 0. The van der Waals surface area contributed by atoms with Crippen LogP contribution in [0.5, 0.6) is 0 Å². The molecule has 0 aromatic rings. The summed E-state index contributed by atoms with van der Waals surface area (Å²) in [6.45, 7) is 4.60. The van der Waals surface area contributed by atoms with Crippen LogP contribution in [0.2, 0.25) is 0 Å². The molecule has 0 aromatic carbocycles. The van der Waals surface area contributed by atoms with Crippen molar-refractivity contribution >= 4 is 5.97 Å². The molecule has 0 unspecified atom stereocenters. The summed E-state index contributed by atoms with van der Waals surface area (Å²) in [5, 5.41) is 0. The van der Waals surface area contributed by atoms with Crippen molar-refractivity contribution in [1.82, 2.24) is 9.80 Å². The molecule has 0 atom stereocenters. The third-order valence-electron chi connectivity index (χ3n) is 3.56. The van der Waals surface area contributed by atoms with Crippen molar-refractivity contribution in [3.05, 3.63) is 0 Å². The first-order valence-corrected chi connectivity index (χ1v) is 6.55. The number of carbonyl (C=O) groups excluding carboxylic acids is 1. The predicted molar refractivity (Wildman–Crippen MR) is 69.0 cm³/mol. The summed E-state index contributed by atoms with van der Waals surface area (Å²) in [6, 6.07) is 0. The second-order valence-electron chi connectivity index (χ2n) is 5.19. The van der Waals surface area contributed by atoms with Crippen molar-refractivity contribution < 1.29 is 9.53 Å². The highest BCUT2D eigenvalue weighted by atomic mass is 16.5. The molecule has 1 aliphatic heterocycles. The molecule has 4 nitrogen and oxygen atoms in total. The second kappa shape index (κ2) is 7.67. The zero-order valence-corrected chi connectivity index (χ0v) is 11.4. The van der Waals surface area contributed by atoms with Gasteiger partial charge in [-0.15, -0.1) is 0 Å². The van der Waals surface area contributed by atoms with Gasteiger partial charge in [-0.05, 0) is 58.9 Å². The Bertz CT molecular complexity index is 225. The van der Waals surface area contributed by atoms with Crippen molar-refractivity contribution in [2.75, 3.05) is 47.4 Å². The third kappa shape index (κ3) is 6.03. The molecule has 1 aliphatic rings. The molecule has 0 radical (unpaired) electrons. The minimum absolute atomic E-state index is 0.0994. The number of rotatable bonds is 6. The lowest BCUT2D eigenvalue weighted by molar-refractivity contribution is -0.140. The fourth-order valence-corrected chi connectivity index (χ4v) is 2.37. The van der Waals surface area contributed by atoms with E-state index in [1.54, 1.807) is 0 Å². The van der Waals surface area contributed by atoms with Crippen LogP contribution in [0.25, 0.3) is 0 Å². The van der Waals surface area contributed by atoms with Crippen LogP contribution in [0.4, 0.5) is 0 Å². The Morgan fingerprint density at radius 3 is 2.65 bits per heavy atom. The highest BCUT2D eigenvalue weighted by molar-refractivity contribution is 5.69. The number of hydrogen-bond acceptors (Lipinski definition) is 4. The highest BCUT2D eigenvalue weighted by Gasteiger charge is 2.17. The molecule has 100 valence electrons. The number of nitrogens with zero attached hydrogens (tertiary/aromatic N) is 2. The summed E-state index contributed by atoms with van der Waals surface area (Å²) in [5.74, 6) is 0.729. The number of piperidine rings is 1. The van der Waals surface area contributed by atoms with E-state index >= 15 is 0 Å². The van der Waals surface area contributed by atoms with Gasteiger partial charge in [-0.3, -0.25) is 4.79 Å². The second-order valence-corrected chi connectivity index (χ2v) is 5.19. The van der Waals surface area contributed by atoms with Crippen LogP contribution in [-0.4, -0.2) is 63.2 Å². The fraction of sp³-hybridized carbons (Fsp3) is 0.923. The zero-order valence-electron chi connectivity index (χ0n) is 11.4. The monoisotopic (exact) mass is 242 g/mol. The summed E-state index contributed by atoms with van der Waals surface area (Å²) >= 11 is 0. The van der Waals surface area contributed by atoms with Crippen molar-refractivity contribution in [2.45, 2.75) is 25.7 Å². The lowest BCUT2D eigenvalue weighted by Crippen LogP contribution is -2.36. The van der Waals surface area contributed by atoms with Gasteiger partial charge in [0.2, 0.25) is 0 Å². The molecule has 0 spiro atoms. The number of likely N-dealkylation sites (tertiary alicyclic amines) is 1. The van der Waals surface area contributed by atoms with E-state index in [0.29, 0.717) is 6.42 Å². The Labute approximate surface area is 105 Å². The topological polar surface area (TPSA) is 32.8 Å². The molecule has 0 saturated carbocycles. The predicted octanol–water partition coefficient (Wildman–Crippen LogP) is 1.21. The molecule has 17 heavy (non-hydrogen) atoms. The number of carbonyl (C=O) groups is 1. The maximum absolute atomic E-state index is 11.0. The van der Waals surface area contributed by atoms with Gasteiger partial charge in [0.05, 0.1) is 7.11 Å². The number of hydrogen-bond donors (Lipinski definition) is 0. The maximum atomic E-state index is 11.0. The van der Waals surface area contributed by atoms with Crippen molar-refractivity contribution in [3.8, 4) is 0 Å². The lowest BCUT2D eigenvalue weighted by Gasteiger charge is -2.31. The van der Waals surface area contributed by atoms with Gasteiger partial charge < -0.3 is 14.5 Å². The molecule has 0 amide bonds. The van der Waals surface area contributed by atoms with Gasteiger partial charge in [0.15, 0.2) is 0 Å². The average molecular weight is 242 g/mol. The summed E-state index contributed by atoms with van der Waals surface area (Å²) < 4.78 is 4.63. The van der Waals surface area contributed by atoms with Gasteiger partial charge in [0.1, 0.15) is 0 Å². The molecule has 1 fully saturated rings. The van der Waals surface area contributed by atoms with Crippen LogP contribution in [0.3, 0.4) is 0 Å². The van der Waals surface area contributed by atoms with Crippen LogP contribution >= 0.6 is 0 Å². The van der Waals surface area contributed by atoms with Gasteiger partial charge >= 0.3 is 5.97 Å². The van der Waals surface area contributed by atoms with Crippen LogP contribution in [-0.2, 0) is 9.53 Å². The van der Waals surface area contributed by atoms with Gasteiger partial charge in [0.25, 0.3) is 0 Å². The molecule has 0 aliphatic carbocycles. The summed E-state index contributed by atoms with van der Waals surface area (Å²) in [6.07, 6.45) is 4.04. The molecule has 1 rings (SSSR count). The highest BCUT2D eigenvalue weighted by Crippen LogP contribution is 2.16. The van der Waals surface area contributed by atoms with Gasteiger partial charge in [-0.1, -0.05) is 0 Å². The van der Waals surface area contributed by atoms with Gasteiger partial charge in [-0.25, -0.2) is 0 Å². The van der Waals surface area contributed by atoms with E-state index in [-0.39, 0.29) is 5.97 Å². The summed E-state index contributed by atoms with van der Waals surface area (Å²) in [7, 11) is 5.79. The lowest BCUT2D eigenvalue weighted by atomic mass is 9.96. The van der Waals surface area contributed by atoms with Gasteiger partial charge in [0, 0.05) is 13.0 Å². The number of methoxy groups -OCH3 is 1. The first kappa shape index (κ1) is 14.5. The van der Waals surface area contributed by atoms with E-state index in [1.165, 1.54) is 33.0 Å². The molecule has 4 heteroatoms. The number of esters is 1. The van der Waals surface area contributed by atoms with Gasteiger partial charge in [-0.2, -0.15) is 0 Å². The molecular formula is C13H26N2O2. The van der Waals surface area contributed by atoms with E-state index in [4.69, 9.17) is 0 Å². The molecular weight excluding hydrogens is 216 g/mol. The van der Waals surface area contributed by atoms with Crippen molar-refractivity contribution in [3.63, 3.8) is 0 Å². The summed E-state index contributed by atoms with van der Waals surface area (Å²) in [4.78, 5) is 15.7. The van der Waals surface area contributed by atoms with Crippen LogP contribution in [0.1, 0.15) is 25.7 Å². The van der Waals surface area contributed by atoms with Crippen molar-refractivity contribution in [2.24, 2.45) is 5.92 Å². The van der Waals surface area contributed by atoms with Crippen LogP contribution < -0.4 is 0 Å². The number of ether oxygens (including phenoxy) is 1. The van der Waals surface area contributed by atoms with E-state index in [1.807, 2.05) is 0 Å². The molecule has 0 N–H and O–H groups in total. The normalized spacial score (nSPS) is 18.6. The maximum Gasteiger partial charge on any atom is 0.305 e. The first-order chi connectivity index (χ1) is 8.11. The average Bonchev–Trinajstić information content (AvgIpc) is 2.32. The molecule has 0 aromatic heterocycles. The first-order valence-electron chi connectivity index (χ1n) is 6.55. The Morgan fingerprint density at radius 2 is 2.06 bits per heavy atom. The van der Waals surface area contributed by atoms with Crippen LogP contribution in [0, 0.1) is 5.92 Å².